The predicted octanol–water partition coefficient (Wildman–Crippen LogP) is 0.893. The number of carbonyl (C=O) groups is 1. The molecule has 0 radical (unpaired) electrons. The lowest BCUT2D eigenvalue weighted by atomic mass is 10.1. The lowest BCUT2D eigenvalue weighted by Crippen LogP contribution is -2.43. The van der Waals surface area contributed by atoms with Gasteiger partial charge >= 0.3 is 5.97 Å². The molecule has 1 aromatic rings. The van der Waals surface area contributed by atoms with Gasteiger partial charge in [0.15, 0.2) is 9.84 Å². The van der Waals surface area contributed by atoms with Crippen LogP contribution < -0.4 is 4.90 Å². The van der Waals surface area contributed by atoms with E-state index >= 15 is 0 Å². The number of anilines is 1. The van der Waals surface area contributed by atoms with E-state index in [1.54, 1.807) is 11.9 Å². The molecule has 0 aromatic heterocycles. The van der Waals surface area contributed by atoms with Crippen molar-refractivity contribution in [2.75, 3.05) is 17.7 Å². The molecule has 98 valence electrons. The summed E-state index contributed by atoms with van der Waals surface area (Å²) in [6.45, 7) is 0. The fourth-order valence-corrected chi connectivity index (χ4v) is 3.93. The molecular weight excluding hydrogens is 261 g/mol. The van der Waals surface area contributed by atoms with Crippen LogP contribution in [-0.2, 0) is 14.6 Å². The number of carboxylic acid groups (broad SMARTS) is 1. The van der Waals surface area contributed by atoms with E-state index in [1.807, 2.05) is 0 Å². The van der Waals surface area contributed by atoms with Crippen molar-refractivity contribution >= 4 is 21.5 Å². The summed E-state index contributed by atoms with van der Waals surface area (Å²) in [5.74, 6) is -2.00. The van der Waals surface area contributed by atoms with Gasteiger partial charge in [0.1, 0.15) is 5.82 Å². The molecule has 0 aliphatic carbocycles. The maximum atomic E-state index is 13.1. The molecular formula is C11H12FNO4S. The highest BCUT2D eigenvalue weighted by atomic mass is 32.2. The van der Waals surface area contributed by atoms with E-state index in [0.29, 0.717) is 5.69 Å². The third-order valence-corrected chi connectivity index (χ3v) is 4.83. The quantitative estimate of drug-likeness (QED) is 0.866. The number of aliphatic carboxylic acids is 1. The zero-order valence-corrected chi connectivity index (χ0v) is 10.4. The van der Waals surface area contributed by atoms with E-state index in [4.69, 9.17) is 5.11 Å². The summed E-state index contributed by atoms with van der Waals surface area (Å²) in [7, 11) is -2.03. The van der Waals surface area contributed by atoms with Gasteiger partial charge in [-0.2, -0.15) is 0 Å². The summed E-state index contributed by atoms with van der Waals surface area (Å²) in [5.41, 5.74) is 0.342. The summed E-state index contributed by atoms with van der Waals surface area (Å²) < 4.78 is 37.0. The Morgan fingerprint density at radius 3 is 2.83 bits per heavy atom. The van der Waals surface area contributed by atoms with Gasteiger partial charge in [-0.3, -0.25) is 4.79 Å². The van der Waals surface area contributed by atoms with Gasteiger partial charge in [-0.1, -0.05) is 0 Å². The number of carboxylic acids is 1. The van der Waals surface area contributed by atoms with Gasteiger partial charge in [0.05, 0.1) is 28.8 Å². The number of hydrogen-bond acceptors (Lipinski definition) is 4. The van der Waals surface area contributed by atoms with Crippen LogP contribution in [-0.4, -0.2) is 38.3 Å². The Morgan fingerprint density at radius 1 is 1.56 bits per heavy atom. The van der Waals surface area contributed by atoms with Crippen molar-refractivity contribution in [2.45, 2.75) is 17.4 Å². The molecule has 1 heterocycles. The second-order valence-electron chi connectivity index (χ2n) is 4.26. The number of halogens is 1. The highest BCUT2D eigenvalue weighted by Crippen LogP contribution is 2.33. The first kappa shape index (κ1) is 12.8. The summed E-state index contributed by atoms with van der Waals surface area (Å²) >= 11 is 0. The van der Waals surface area contributed by atoms with Crippen molar-refractivity contribution in [3.8, 4) is 0 Å². The fraction of sp³-hybridized carbons (Fsp3) is 0.364. The van der Waals surface area contributed by atoms with Gasteiger partial charge in [-0.05, 0) is 18.2 Å². The third-order valence-electron chi connectivity index (χ3n) is 3.01. The Morgan fingerprint density at radius 2 is 2.22 bits per heavy atom. The molecule has 0 saturated heterocycles. The monoisotopic (exact) mass is 273 g/mol. The number of hydrogen-bond donors (Lipinski definition) is 1. The van der Waals surface area contributed by atoms with Gasteiger partial charge in [-0.15, -0.1) is 0 Å². The Kier molecular flexibility index (Phi) is 3.02. The lowest BCUT2D eigenvalue weighted by molar-refractivity contribution is -0.137. The molecule has 1 aromatic carbocycles. The molecule has 1 N–H and O–H groups in total. The van der Waals surface area contributed by atoms with Crippen molar-refractivity contribution < 1.29 is 22.7 Å². The Bertz CT molecular complexity index is 599. The minimum atomic E-state index is -3.64. The highest BCUT2D eigenvalue weighted by molar-refractivity contribution is 7.91. The van der Waals surface area contributed by atoms with Crippen LogP contribution in [0.4, 0.5) is 10.1 Å². The summed E-state index contributed by atoms with van der Waals surface area (Å²) in [4.78, 5) is 12.2. The van der Waals surface area contributed by atoms with Crippen molar-refractivity contribution in [3.63, 3.8) is 0 Å². The zero-order valence-electron chi connectivity index (χ0n) is 9.63. The molecule has 0 spiro atoms. The average molecular weight is 273 g/mol. The average Bonchev–Trinajstić information content (AvgIpc) is 2.24. The van der Waals surface area contributed by atoms with Crippen molar-refractivity contribution in [3.05, 3.63) is 24.0 Å². The van der Waals surface area contributed by atoms with Gasteiger partial charge in [0.2, 0.25) is 0 Å². The standard InChI is InChI=1S/C11H12FNO4S/c1-13-8(5-11(14)15)6-18(16,17)10-4-7(12)2-3-9(10)13/h2-4,8H,5-6H2,1H3,(H,14,15). The van der Waals surface area contributed by atoms with E-state index < -0.39 is 27.7 Å². The van der Waals surface area contributed by atoms with Crippen molar-refractivity contribution in [2.24, 2.45) is 0 Å². The number of sulfone groups is 1. The number of benzene rings is 1. The first-order valence-electron chi connectivity index (χ1n) is 5.28. The minimum absolute atomic E-state index is 0.0772. The topological polar surface area (TPSA) is 74.7 Å². The molecule has 1 atom stereocenters. The molecule has 0 fully saturated rings. The van der Waals surface area contributed by atoms with E-state index in [1.165, 1.54) is 6.07 Å². The molecule has 1 aliphatic rings. The molecule has 0 amide bonds. The van der Waals surface area contributed by atoms with E-state index in [2.05, 4.69) is 0 Å². The summed E-state index contributed by atoms with van der Waals surface area (Å²) in [5, 5.41) is 8.76. The zero-order chi connectivity index (χ0) is 13.5. The van der Waals surface area contributed by atoms with Gasteiger partial charge in [0, 0.05) is 7.05 Å². The molecule has 18 heavy (non-hydrogen) atoms. The predicted molar refractivity (Wildman–Crippen MR) is 62.9 cm³/mol. The SMILES string of the molecule is CN1c2ccc(F)cc2S(=O)(=O)CC1CC(=O)O. The molecule has 0 bridgehead atoms. The molecule has 1 aliphatic heterocycles. The first-order valence-corrected chi connectivity index (χ1v) is 6.93. The van der Waals surface area contributed by atoms with Gasteiger partial charge < -0.3 is 10.0 Å². The fourth-order valence-electron chi connectivity index (χ4n) is 2.08. The summed E-state index contributed by atoms with van der Waals surface area (Å²) in [6, 6.07) is 2.85. The summed E-state index contributed by atoms with van der Waals surface area (Å²) in [6.07, 6.45) is -0.271. The molecule has 1 unspecified atom stereocenters. The van der Waals surface area contributed by atoms with Crippen LogP contribution in [0.1, 0.15) is 6.42 Å². The Balaban J connectivity index is 2.51. The van der Waals surface area contributed by atoms with E-state index in [9.17, 15) is 17.6 Å². The highest BCUT2D eigenvalue weighted by Gasteiger charge is 2.35. The third kappa shape index (κ3) is 2.17. The minimum Gasteiger partial charge on any atom is -0.481 e. The van der Waals surface area contributed by atoms with Crippen LogP contribution in [0.25, 0.3) is 0 Å². The number of fused-ring (bicyclic) bond motifs is 1. The molecule has 7 heteroatoms. The van der Waals surface area contributed by atoms with Crippen LogP contribution in [0.2, 0.25) is 0 Å². The lowest BCUT2D eigenvalue weighted by Gasteiger charge is -2.34. The van der Waals surface area contributed by atoms with E-state index in [0.717, 1.165) is 12.1 Å². The maximum Gasteiger partial charge on any atom is 0.305 e. The van der Waals surface area contributed by atoms with E-state index in [-0.39, 0.29) is 17.1 Å². The van der Waals surface area contributed by atoms with Crippen molar-refractivity contribution in [1.29, 1.82) is 0 Å². The molecule has 2 rings (SSSR count). The molecule has 5 nitrogen and oxygen atoms in total. The largest absolute Gasteiger partial charge is 0.481 e. The van der Waals surface area contributed by atoms with Crippen LogP contribution in [0, 0.1) is 5.82 Å². The Labute approximate surface area is 104 Å². The van der Waals surface area contributed by atoms with Crippen LogP contribution in [0.3, 0.4) is 0 Å². The smallest absolute Gasteiger partial charge is 0.305 e. The maximum absolute atomic E-state index is 13.1. The second-order valence-corrected chi connectivity index (χ2v) is 6.26. The van der Waals surface area contributed by atoms with Crippen molar-refractivity contribution in [1.82, 2.24) is 0 Å². The van der Waals surface area contributed by atoms with Crippen LogP contribution >= 0.6 is 0 Å². The second kappa shape index (κ2) is 4.24. The Hall–Kier alpha value is -1.63. The van der Waals surface area contributed by atoms with Crippen LogP contribution in [0.15, 0.2) is 23.1 Å². The number of nitrogens with zero attached hydrogens (tertiary/aromatic N) is 1. The van der Waals surface area contributed by atoms with Crippen LogP contribution in [0.5, 0.6) is 0 Å². The van der Waals surface area contributed by atoms with Gasteiger partial charge in [0.25, 0.3) is 0 Å². The first-order chi connectivity index (χ1) is 8.31. The molecule has 0 saturated carbocycles. The van der Waals surface area contributed by atoms with Gasteiger partial charge in [-0.25, -0.2) is 12.8 Å². The number of rotatable bonds is 2. The normalized spacial score (nSPS) is 21.4.